The van der Waals surface area contributed by atoms with Crippen molar-refractivity contribution in [2.75, 3.05) is 31.4 Å². The summed E-state index contributed by atoms with van der Waals surface area (Å²) < 4.78 is 5.00. The van der Waals surface area contributed by atoms with Gasteiger partial charge in [-0.25, -0.2) is 19.8 Å². The van der Waals surface area contributed by atoms with Crippen LogP contribution in [0.5, 0.6) is 0 Å². The number of nitrogens with zero attached hydrogens (tertiary/aromatic N) is 4. The van der Waals surface area contributed by atoms with E-state index < -0.39 is 10.9 Å². The van der Waals surface area contributed by atoms with Crippen molar-refractivity contribution < 1.29 is 14.5 Å². The van der Waals surface area contributed by atoms with Crippen molar-refractivity contribution in [1.29, 1.82) is 0 Å². The predicted molar refractivity (Wildman–Crippen MR) is 91.7 cm³/mol. The fourth-order valence-corrected chi connectivity index (χ4v) is 2.04. The molecule has 0 unspecified atom stereocenters. The maximum Gasteiger partial charge on any atom is 0.354 e. The zero-order chi connectivity index (χ0) is 18.4. The molecule has 2 rings (SSSR count). The fraction of sp³-hybridized carbons (Fsp3) is 0.267. The van der Waals surface area contributed by atoms with Gasteiger partial charge in [0.2, 0.25) is 11.6 Å². The molecular weight excluding hydrogens is 328 g/mol. The first-order valence-corrected chi connectivity index (χ1v) is 7.40. The molecule has 0 spiro atoms. The summed E-state index contributed by atoms with van der Waals surface area (Å²) in [4.78, 5) is 30.7. The first-order chi connectivity index (χ1) is 11.9. The van der Waals surface area contributed by atoms with Crippen LogP contribution in [0.1, 0.15) is 17.3 Å². The number of hydrogen-bond acceptors (Lipinski definition) is 9. The van der Waals surface area contributed by atoms with Gasteiger partial charge < -0.3 is 10.1 Å². The lowest BCUT2D eigenvalue weighted by atomic mass is 10.2. The van der Waals surface area contributed by atoms with Crippen LogP contribution in [-0.2, 0) is 4.74 Å². The molecule has 0 atom stereocenters. The van der Waals surface area contributed by atoms with Crippen molar-refractivity contribution in [3.8, 4) is 0 Å². The smallest absolute Gasteiger partial charge is 0.354 e. The average Bonchev–Trinajstić information content (AvgIpc) is 2.55. The summed E-state index contributed by atoms with van der Waals surface area (Å²) in [6, 6.07) is 6.53. The van der Waals surface area contributed by atoms with E-state index in [2.05, 4.69) is 20.7 Å². The topological polar surface area (TPSA) is 123 Å². The number of aromatic nitrogens is 2. The van der Waals surface area contributed by atoms with E-state index in [4.69, 9.17) is 4.74 Å². The second-order valence-corrected chi connectivity index (χ2v) is 5.07. The SMILES string of the molecule is CCOC(=O)c1ccccc1Nc1ncnc(NN(C)C)c1[N+](=O)[O-]. The van der Waals surface area contributed by atoms with Gasteiger partial charge in [-0.1, -0.05) is 12.1 Å². The first kappa shape index (κ1) is 18.1. The summed E-state index contributed by atoms with van der Waals surface area (Å²) in [6.45, 7) is 1.92. The van der Waals surface area contributed by atoms with Crippen molar-refractivity contribution in [3.63, 3.8) is 0 Å². The molecule has 10 heteroatoms. The highest BCUT2D eigenvalue weighted by Gasteiger charge is 2.24. The summed E-state index contributed by atoms with van der Waals surface area (Å²) in [7, 11) is 3.35. The maximum atomic E-state index is 12.0. The van der Waals surface area contributed by atoms with Gasteiger partial charge in [0, 0.05) is 14.1 Å². The molecule has 1 aromatic carbocycles. The summed E-state index contributed by atoms with van der Waals surface area (Å²) in [5.41, 5.74) is 3.00. The summed E-state index contributed by atoms with van der Waals surface area (Å²) in [6.07, 6.45) is 1.19. The minimum absolute atomic E-state index is 0.0288. The number of hydrogen-bond donors (Lipinski definition) is 2. The number of rotatable bonds is 7. The summed E-state index contributed by atoms with van der Waals surface area (Å²) >= 11 is 0. The minimum Gasteiger partial charge on any atom is -0.462 e. The molecule has 10 nitrogen and oxygen atoms in total. The monoisotopic (exact) mass is 346 g/mol. The number of nitrogens with one attached hydrogen (secondary N) is 2. The van der Waals surface area contributed by atoms with Gasteiger partial charge in [-0.15, -0.1) is 0 Å². The van der Waals surface area contributed by atoms with Gasteiger partial charge in [-0.05, 0) is 19.1 Å². The van der Waals surface area contributed by atoms with Crippen LogP contribution >= 0.6 is 0 Å². The Labute approximate surface area is 144 Å². The molecule has 0 aliphatic heterocycles. The molecule has 2 aromatic rings. The number of benzene rings is 1. The van der Waals surface area contributed by atoms with Gasteiger partial charge in [0.1, 0.15) is 6.33 Å². The van der Waals surface area contributed by atoms with E-state index in [-0.39, 0.29) is 29.5 Å². The molecule has 0 saturated heterocycles. The zero-order valence-corrected chi connectivity index (χ0v) is 14.0. The van der Waals surface area contributed by atoms with Crippen LogP contribution in [-0.4, -0.2) is 46.6 Å². The average molecular weight is 346 g/mol. The van der Waals surface area contributed by atoms with E-state index >= 15 is 0 Å². The molecule has 0 aliphatic rings. The number of nitro groups is 1. The van der Waals surface area contributed by atoms with Crippen molar-refractivity contribution in [2.24, 2.45) is 0 Å². The minimum atomic E-state index is -0.596. The van der Waals surface area contributed by atoms with Crippen molar-refractivity contribution >= 4 is 29.0 Å². The normalized spacial score (nSPS) is 10.4. The van der Waals surface area contributed by atoms with Gasteiger partial charge in [0.05, 0.1) is 22.8 Å². The van der Waals surface area contributed by atoms with Gasteiger partial charge >= 0.3 is 11.7 Å². The lowest BCUT2D eigenvalue weighted by molar-refractivity contribution is -0.383. The van der Waals surface area contributed by atoms with Crippen molar-refractivity contribution in [1.82, 2.24) is 15.0 Å². The number of esters is 1. The van der Waals surface area contributed by atoms with Crippen molar-refractivity contribution in [2.45, 2.75) is 6.92 Å². The standard InChI is InChI=1S/C15H18N6O4/c1-4-25-15(22)10-7-5-6-8-11(10)18-13-12(21(23)24)14(17-9-16-13)19-20(2)3/h5-9H,4H2,1-3H3,(H2,16,17,18,19). The number of ether oxygens (including phenoxy) is 1. The van der Waals surface area contributed by atoms with Crippen LogP contribution in [0.15, 0.2) is 30.6 Å². The number of hydrazine groups is 1. The van der Waals surface area contributed by atoms with Crippen LogP contribution in [0.25, 0.3) is 0 Å². The highest BCUT2D eigenvalue weighted by molar-refractivity contribution is 5.96. The number of carbonyl (C=O) groups is 1. The third kappa shape index (κ3) is 4.38. The number of anilines is 3. The molecule has 2 N–H and O–H groups in total. The summed E-state index contributed by atoms with van der Waals surface area (Å²) in [5, 5.41) is 15.8. The van der Waals surface area contributed by atoms with E-state index in [1.165, 1.54) is 11.3 Å². The van der Waals surface area contributed by atoms with E-state index in [9.17, 15) is 14.9 Å². The van der Waals surface area contributed by atoms with E-state index in [1.54, 1.807) is 45.3 Å². The van der Waals surface area contributed by atoms with Gasteiger partial charge in [0.15, 0.2) is 0 Å². The molecule has 0 fully saturated rings. The molecule has 0 bridgehead atoms. The highest BCUT2D eigenvalue weighted by atomic mass is 16.6. The second-order valence-electron chi connectivity index (χ2n) is 5.07. The largest absolute Gasteiger partial charge is 0.462 e. The Kier molecular flexibility index (Phi) is 5.79. The van der Waals surface area contributed by atoms with Crippen LogP contribution in [0.3, 0.4) is 0 Å². The molecule has 0 radical (unpaired) electrons. The van der Waals surface area contributed by atoms with Crippen molar-refractivity contribution in [3.05, 3.63) is 46.3 Å². The maximum absolute atomic E-state index is 12.0. The van der Waals surface area contributed by atoms with Gasteiger partial charge in [0.25, 0.3) is 0 Å². The second kappa shape index (κ2) is 8.02. The Bertz CT molecular complexity index is 780. The highest BCUT2D eigenvalue weighted by Crippen LogP contribution is 2.32. The quantitative estimate of drug-likeness (QED) is 0.441. The fourth-order valence-electron chi connectivity index (χ4n) is 2.04. The third-order valence-electron chi connectivity index (χ3n) is 3.01. The molecule has 0 amide bonds. The molecule has 0 saturated carbocycles. The van der Waals surface area contributed by atoms with Crippen LogP contribution in [0.4, 0.5) is 23.0 Å². The predicted octanol–water partition coefficient (Wildman–Crippen LogP) is 2.19. The molecule has 1 aromatic heterocycles. The lowest BCUT2D eigenvalue weighted by Crippen LogP contribution is -2.21. The lowest BCUT2D eigenvalue weighted by Gasteiger charge is -2.15. The van der Waals surface area contributed by atoms with Crippen LogP contribution < -0.4 is 10.7 Å². The number of para-hydroxylation sites is 1. The Morgan fingerprint density at radius 2 is 1.96 bits per heavy atom. The molecule has 132 valence electrons. The zero-order valence-electron chi connectivity index (χ0n) is 14.0. The molecular formula is C15H18N6O4. The molecule has 25 heavy (non-hydrogen) atoms. The van der Waals surface area contributed by atoms with Crippen LogP contribution in [0.2, 0.25) is 0 Å². The van der Waals surface area contributed by atoms with E-state index in [0.29, 0.717) is 5.69 Å². The Balaban J connectivity index is 2.44. The summed E-state index contributed by atoms with van der Waals surface area (Å²) in [5.74, 6) is -0.545. The Morgan fingerprint density at radius 1 is 1.28 bits per heavy atom. The molecule has 0 aliphatic carbocycles. The van der Waals surface area contributed by atoms with Gasteiger partial charge in [-0.3, -0.25) is 15.5 Å². The van der Waals surface area contributed by atoms with E-state index in [0.717, 1.165) is 0 Å². The first-order valence-electron chi connectivity index (χ1n) is 7.40. The molecule has 1 heterocycles. The Morgan fingerprint density at radius 3 is 2.60 bits per heavy atom. The van der Waals surface area contributed by atoms with E-state index in [1.807, 2.05) is 0 Å². The Hall–Kier alpha value is -3.27. The van der Waals surface area contributed by atoms with Crippen LogP contribution in [0, 0.1) is 10.1 Å². The number of carbonyl (C=O) groups excluding carboxylic acids is 1. The van der Waals surface area contributed by atoms with Gasteiger partial charge in [-0.2, -0.15) is 0 Å². The third-order valence-corrected chi connectivity index (χ3v) is 3.01.